The van der Waals surface area contributed by atoms with Gasteiger partial charge in [0.15, 0.2) is 0 Å². The average Bonchev–Trinajstić information content (AvgIpc) is 3.03. The molecule has 0 bridgehead atoms. The number of halogens is 1. The molecular weight excluding hydrogens is 346 g/mol. The fourth-order valence-electron chi connectivity index (χ4n) is 2.96. The minimum Gasteiger partial charge on any atom is -0.355 e. The van der Waals surface area contributed by atoms with Crippen LogP contribution < -0.4 is 11.1 Å². The van der Waals surface area contributed by atoms with Crippen LogP contribution in [0.3, 0.4) is 0 Å². The number of hydrogen-bond donors (Lipinski definition) is 2. The number of nitrogens with two attached hydrogens (primary N) is 1. The zero-order valence-electron chi connectivity index (χ0n) is 13.4. The van der Waals surface area contributed by atoms with Crippen LogP contribution in [0.15, 0.2) is 30.3 Å². The van der Waals surface area contributed by atoms with Gasteiger partial charge in [0.25, 0.3) is 5.91 Å². The first-order chi connectivity index (χ1) is 11.2. The molecule has 1 saturated heterocycles. The van der Waals surface area contributed by atoms with Gasteiger partial charge >= 0.3 is 0 Å². The van der Waals surface area contributed by atoms with Crippen LogP contribution in [0.2, 0.25) is 0 Å². The standard InChI is InChI=1S/C17H21N3O2S.ClH/c18-7-8-19-16(21)13-5-3-9-20(11-13)17(22)15-10-12-4-1-2-6-14(12)23-15;/h1-2,4,6,10,13H,3,5,7-9,11,18H2,(H,19,21);1H. The lowest BCUT2D eigenvalue weighted by molar-refractivity contribution is -0.126. The molecule has 3 rings (SSSR count). The SMILES string of the molecule is Cl.NCCNC(=O)C1CCCN(C(=O)c2cc3ccccc3s2)C1. The van der Waals surface area contributed by atoms with Gasteiger partial charge in [0.1, 0.15) is 0 Å². The van der Waals surface area contributed by atoms with Crippen molar-refractivity contribution in [1.82, 2.24) is 10.2 Å². The van der Waals surface area contributed by atoms with E-state index in [9.17, 15) is 9.59 Å². The number of hydrogen-bond acceptors (Lipinski definition) is 4. The van der Waals surface area contributed by atoms with Gasteiger partial charge in [0.2, 0.25) is 5.91 Å². The highest BCUT2D eigenvalue weighted by atomic mass is 35.5. The molecule has 5 nitrogen and oxygen atoms in total. The van der Waals surface area contributed by atoms with Crippen LogP contribution in [0, 0.1) is 5.92 Å². The molecule has 1 unspecified atom stereocenters. The number of piperidine rings is 1. The molecule has 0 spiro atoms. The quantitative estimate of drug-likeness (QED) is 0.870. The molecule has 1 aliphatic rings. The van der Waals surface area contributed by atoms with E-state index in [2.05, 4.69) is 5.32 Å². The van der Waals surface area contributed by atoms with E-state index >= 15 is 0 Å². The van der Waals surface area contributed by atoms with E-state index in [1.54, 1.807) is 4.90 Å². The predicted octanol–water partition coefficient (Wildman–Crippen LogP) is 2.25. The first-order valence-corrected chi connectivity index (χ1v) is 8.76. The second kappa shape index (κ2) is 8.46. The minimum atomic E-state index is -0.131. The first-order valence-electron chi connectivity index (χ1n) is 7.94. The lowest BCUT2D eigenvalue weighted by Crippen LogP contribution is -2.46. The highest BCUT2D eigenvalue weighted by molar-refractivity contribution is 7.20. The van der Waals surface area contributed by atoms with Gasteiger partial charge < -0.3 is 16.0 Å². The number of carbonyl (C=O) groups excluding carboxylic acids is 2. The van der Waals surface area contributed by atoms with Crippen LogP contribution >= 0.6 is 23.7 Å². The molecule has 24 heavy (non-hydrogen) atoms. The van der Waals surface area contributed by atoms with Crippen LogP contribution in [0.5, 0.6) is 0 Å². The molecule has 1 aromatic heterocycles. The fourth-order valence-corrected chi connectivity index (χ4v) is 3.99. The third-order valence-corrected chi connectivity index (χ3v) is 5.26. The Hall–Kier alpha value is -1.63. The van der Waals surface area contributed by atoms with Gasteiger partial charge in [-0.15, -0.1) is 23.7 Å². The Labute approximate surface area is 151 Å². The fraction of sp³-hybridized carbons (Fsp3) is 0.412. The highest BCUT2D eigenvalue weighted by Gasteiger charge is 2.29. The number of carbonyl (C=O) groups is 2. The molecule has 2 amide bonds. The van der Waals surface area contributed by atoms with Gasteiger partial charge in [0.05, 0.1) is 10.8 Å². The molecule has 1 aliphatic heterocycles. The summed E-state index contributed by atoms with van der Waals surface area (Å²) >= 11 is 1.51. The van der Waals surface area contributed by atoms with Crippen molar-refractivity contribution in [3.63, 3.8) is 0 Å². The number of rotatable bonds is 4. The summed E-state index contributed by atoms with van der Waals surface area (Å²) in [5.74, 6) is -0.0968. The Balaban J connectivity index is 0.00000208. The zero-order valence-corrected chi connectivity index (χ0v) is 15.0. The van der Waals surface area contributed by atoms with E-state index in [0.717, 1.165) is 27.8 Å². The van der Waals surface area contributed by atoms with Gasteiger partial charge in [-0.25, -0.2) is 0 Å². The Bertz CT molecular complexity index is 686. The summed E-state index contributed by atoms with van der Waals surface area (Å²) in [5, 5.41) is 3.92. The molecular formula is C17H22ClN3O2S. The normalized spacial score (nSPS) is 17.4. The molecule has 1 atom stereocenters. The van der Waals surface area contributed by atoms with Crippen molar-refractivity contribution < 1.29 is 9.59 Å². The Morgan fingerprint density at radius 3 is 2.88 bits per heavy atom. The second-order valence-electron chi connectivity index (χ2n) is 5.82. The van der Waals surface area contributed by atoms with Gasteiger partial charge in [-0.3, -0.25) is 9.59 Å². The van der Waals surface area contributed by atoms with Gasteiger partial charge in [-0.05, 0) is 30.4 Å². The predicted molar refractivity (Wildman–Crippen MR) is 99.8 cm³/mol. The number of nitrogens with one attached hydrogen (secondary N) is 1. The third-order valence-electron chi connectivity index (χ3n) is 4.16. The minimum absolute atomic E-state index is 0. The number of nitrogens with zero attached hydrogens (tertiary/aromatic N) is 1. The molecule has 0 radical (unpaired) electrons. The van der Waals surface area contributed by atoms with Crippen LogP contribution in [0.4, 0.5) is 0 Å². The number of thiophene rings is 1. The lowest BCUT2D eigenvalue weighted by Gasteiger charge is -2.31. The Kier molecular flexibility index (Phi) is 6.60. The number of likely N-dealkylation sites (tertiary alicyclic amines) is 1. The van der Waals surface area contributed by atoms with Crippen LogP contribution in [0.25, 0.3) is 10.1 Å². The summed E-state index contributed by atoms with van der Waals surface area (Å²) in [5.41, 5.74) is 5.42. The highest BCUT2D eigenvalue weighted by Crippen LogP contribution is 2.27. The molecule has 2 aromatic rings. The number of fused-ring (bicyclic) bond motifs is 1. The van der Waals surface area contributed by atoms with Gasteiger partial charge in [-0.2, -0.15) is 0 Å². The Morgan fingerprint density at radius 1 is 1.33 bits per heavy atom. The summed E-state index contributed by atoms with van der Waals surface area (Å²) in [6, 6.07) is 9.94. The summed E-state index contributed by atoms with van der Waals surface area (Å²) in [4.78, 5) is 27.4. The Morgan fingerprint density at radius 2 is 2.12 bits per heavy atom. The summed E-state index contributed by atoms with van der Waals surface area (Å²) in [6.07, 6.45) is 1.68. The molecule has 0 aliphatic carbocycles. The van der Waals surface area contributed by atoms with Gasteiger partial charge in [0, 0.05) is 30.9 Å². The molecule has 7 heteroatoms. The number of benzene rings is 1. The van der Waals surface area contributed by atoms with Crippen molar-refractivity contribution in [2.75, 3.05) is 26.2 Å². The van der Waals surface area contributed by atoms with E-state index in [-0.39, 0.29) is 30.1 Å². The maximum Gasteiger partial charge on any atom is 0.263 e. The van der Waals surface area contributed by atoms with Crippen molar-refractivity contribution >= 4 is 45.6 Å². The molecule has 1 aromatic carbocycles. The zero-order chi connectivity index (χ0) is 16.2. The molecule has 3 N–H and O–H groups in total. The van der Waals surface area contributed by atoms with Crippen molar-refractivity contribution in [3.05, 3.63) is 35.2 Å². The maximum absolute atomic E-state index is 12.7. The number of amides is 2. The van der Waals surface area contributed by atoms with Crippen molar-refractivity contribution in [2.45, 2.75) is 12.8 Å². The molecule has 2 heterocycles. The second-order valence-corrected chi connectivity index (χ2v) is 6.90. The monoisotopic (exact) mass is 367 g/mol. The summed E-state index contributed by atoms with van der Waals surface area (Å²) in [7, 11) is 0. The smallest absolute Gasteiger partial charge is 0.263 e. The third kappa shape index (κ3) is 4.06. The molecule has 1 fully saturated rings. The van der Waals surface area contributed by atoms with E-state index in [1.165, 1.54) is 11.3 Å². The van der Waals surface area contributed by atoms with Crippen molar-refractivity contribution in [3.8, 4) is 0 Å². The summed E-state index contributed by atoms with van der Waals surface area (Å²) in [6.45, 7) is 2.12. The van der Waals surface area contributed by atoms with Crippen LogP contribution in [-0.2, 0) is 4.79 Å². The average molecular weight is 368 g/mol. The van der Waals surface area contributed by atoms with Crippen LogP contribution in [0.1, 0.15) is 22.5 Å². The van der Waals surface area contributed by atoms with E-state index in [0.29, 0.717) is 26.2 Å². The van der Waals surface area contributed by atoms with Crippen LogP contribution in [-0.4, -0.2) is 42.9 Å². The van der Waals surface area contributed by atoms with Crippen molar-refractivity contribution in [1.29, 1.82) is 0 Å². The maximum atomic E-state index is 12.7. The first kappa shape index (κ1) is 18.7. The largest absolute Gasteiger partial charge is 0.355 e. The van der Waals surface area contributed by atoms with Crippen molar-refractivity contribution in [2.24, 2.45) is 11.7 Å². The van der Waals surface area contributed by atoms with E-state index in [4.69, 9.17) is 5.73 Å². The van der Waals surface area contributed by atoms with E-state index < -0.39 is 0 Å². The summed E-state index contributed by atoms with van der Waals surface area (Å²) < 4.78 is 1.12. The molecule has 130 valence electrons. The van der Waals surface area contributed by atoms with E-state index in [1.807, 2.05) is 30.3 Å². The molecule has 0 saturated carbocycles. The lowest BCUT2D eigenvalue weighted by atomic mass is 9.97. The van der Waals surface area contributed by atoms with Gasteiger partial charge in [-0.1, -0.05) is 18.2 Å². The topological polar surface area (TPSA) is 75.4 Å².